The molecule has 0 aliphatic carbocycles. The fraction of sp³-hybridized carbons (Fsp3) is 0.538. The zero-order chi connectivity index (χ0) is 11.8. The van der Waals surface area contributed by atoms with Crippen molar-refractivity contribution >= 4 is 0 Å². The summed E-state index contributed by atoms with van der Waals surface area (Å²) in [6, 6.07) is 4.56. The van der Waals surface area contributed by atoms with Crippen molar-refractivity contribution < 1.29 is 13.5 Å². The van der Waals surface area contributed by atoms with Gasteiger partial charge in [0, 0.05) is 6.04 Å². The summed E-state index contributed by atoms with van der Waals surface area (Å²) in [7, 11) is 0. The number of halogens is 2. The molecule has 92 valence electrons. The third-order valence-corrected chi connectivity index (χ3v) is 3.58. The molecule has 1 saturated heterocycles. The fourth-order valence-electron chi connectivity index (χ4n) is 2.75. The Balaban J connectivity index is 1.96. The van der Waals surface area contributed by atoms with Gasteiger partial charge in [-0.25, -0.2) is 8.78 Å². The number of rotatable bonds is 1. The Morgan fingerprint density at radius 2 is 2.18 bits per heavy atom. The summed E-state index contributed by atoms with van der Waals surface area (Å²) in [5.41, 5.74) is 1.25. The normalized spacial score (nSPS) is 32.5. The van der Waals surface area contributed by atoms with Gasteiger partial charge in [0.2, 0.25) is 0 Å². The van der Waals surface area contributed by atoms with E-state index in [0.717, 1.165) is 24.9 Å². The van der Waals surface area contributed by atoms with Gasteiger partial charge in [-0.3, -0.25) is 0 Å². The fourth-order valence-corrected chi connectivity index (χ4v) is 2.75. The number of hydrogen-bond acceptors (Lipinski definition) is 2. The molecule has 0 radical (unpaired) electrons. The summed E-state index contributed by atoms with van der Waals surface area (Å²) in [5.74, 6) is -0.383. The number of nitrogens with one attached hydrogen (secondary N) is 1. The second kappa shape index (κ2) is 4.35. The van der Waals surface area contributed by atoms with Crippen LogP contribution in [0.5, 0.6) is 0 Å². The quantitative estimate of drug-likeness (QED) is 0.813. The van der Waals surface area contributed by atoms with Gasteiger partial charge in [0.15, 0.2) is 0 Å². The molecule has 1 aromatic carbocycles. The van der Waals surface area contributed by atoms with Crippen molar-refractivity contribution in [2.45, 2.75) is 31.2 Å². The predicted molar refractivity (Wildman–Crippen MR) is 60.0 cm³/mol. The van der Waals surface area contributed by atoms with Crippen LogP contribution in [-0.2, 0) is 4.74 Å². The van der Waals surface area contributed by atoms with Crippen molar-refractivity contribution in [3.05, 3.63) is 35.1 Å². The minimum atomic E-state index is -1.21. The number of hydrogen-bond donors (Lipinski definition) is 1. The van der Waals surface area contributed by atoms with E-state index in [-0.39, 0.29) is 24.6 Å². The van der Waals surface area contributed by atoms with Crippen molar-refractivity contribution in [1.82, 2.24) is 5.32 Å². The average Bonchev–Trinajstić information content (AvgIpc) is 2.84. The van der Waals surface area contributed by atoms with Gasteiger partial charge >= 0.3 is 0 Å². The molecule has 0 saturated carbocycles. The molecule has 0 spiro atoms. The molecule has 1 N–H and O–H groups in total. The number of alkyl halides is 1. The van der Waals surface area contributed by atoms with E-state index < -0.39 is 6.17 Å². The number of ether oxygens (including phenoxy) is 1. The maximum Gasteiger partial charge on any atom is 0.149 e. The first-order chi connectivity index (χ1) is 8.25. The van der Waals surface area contributed by atoms with Crippen LogP contribution in [0.1, 0.15) is 36.2 Å². The molecule has 3 atom stereocenters. The predicted octanol–water partition coefficient (Wildman–Crippen LogP) is 2.66. The van der Waals surface area contributed by atoms with E-state index in [1.165, 1.54) is 12.1 Å². The van der Waals surface area contributed by atoms with Crippen LogP contribution in [0.25, 0.3) is 0 Å². The van der Waals surface area contributed by atoms with Crippen molar-refractivity contribution in [2.24, 2.45) is 0 Å². The molecule has 2 aliphatic rings. The van der Waals surface area contributed by atoms with Crippen LogP contribution in [0, 0.1) is 5.82 Å². The second-order valence-electron chi connectivity index (χ2n) is 4.70. The lowest BCUT2D eigenvalue weighted by Gasteiger charge is -2.32. The van der Waals surface area contributed by atoms with E-state index in [9.17, 15) is 8.78 Å². The van der Waals surface area contributed by atoms with Gasteiger partial charge in [-0.2, -0.15) is 0 Å². The molecule has 0 aromatic heterocycles. The zero-order valence-electron chi connectivity index (χ0n) is 9.46. The highest BCUT2D eigenvalue weighted by Gasteiger charge is 2.34. The van der Waals surface area contributed by atoms with Gasteiger partial charge in [-0.05, 0) is 42.6 Å². The van der Waals surface area contributed by atoms with Crippen molar-refractivity contribution in [3.63, 3.8) is 0 Å². The van der Waals surface area contributed by atoms with Crippen LogP contribution in [0.4, 0.5) is 8.78 Å². The molecule has 3 rings (SSSR count). The molecule has 0 amide bonds. The van der Waals surface area contributed by atoms with E-state index in [2.05, 4.69) is 5.32 Å². The van der Waals surface area contributed by atoms with Crippen molar-refractivity contribution in [3.8, 4) is 0 Å². The summed E-state index contributed by atoms with van der Waals surface area (Å²) >= 11 is 0. The Kier molecular flexibility index (Phi) is 2.84. The lowest BCUT2D eigenvalue weighted by atomic mass is 9.91. The van der Waals surface area contributed by atoms with E-state index >= 15 is 0 Å². The first-order valence-electron chi connectivity index (χ1n) is 6.04. The molecule has 2 heterocycles. The maximum absolute atomic E-state index is 13.7. The van der Waals surface area contributed by atoms with E-state index in [0.29, 0.717) is 5.56 Å². The third kappa shape index (κ3) is 1.96. The van der Waals surface area contributed by atoms with Crippen LogP contribution >= 0.6 is 0 Å². The lowest BCUT2D eigenvalue weighted by Crippen LogP contribution is -2.34. The van der Waals surface area contributed by atoms with Gasteiger partial charge in [-0.15, -0.1) is 0 Å². The van der Waals surface area contributed by atoms with Gasteiger partial charge in [-0.1, -0.05) is 6.07 Å². The van der Waals surface area contributed by atoms with Crippen molar-refractivity contribution in [2.75, 3.05) is 13.2 Å². The van der Waals surface area contributed by atoms with Crippen LogP contribution in [-0.4, -0.2) is 19.2 Å². The highest BCUT2D eigenvalue weighted by molar-refractivity contribution is 5.34. The van der Waals surface area contributed by atoms with E-state index in [4.69, 9.17) is 4.74 Å². The SMILES string of the molecule is Fc1ccc2c(c1)[C@@H](F)CO[C@H]2C1CCCN1. The largest absolute Gasteiger partial charge is 0.368 e. The van der Waals surface area contributed by atoms with Gasteiger partial charge < -0.3 is 10.1 Å². The molecular weight excluding hydrogens is 224 g/mol. The first-order valence-corrected chi connectivity index (χ1v) is 6.04. The highest BCUT2D eigenvalue weighted by Crippen LogP contribution is 2.38. The molecular formula is C13H15F2NO. The van der Waals surface area contributed by atoms with Crippen molar-refractivity contribution in [1.29, 1.82) is 0 Å². The molecule has 0 bridgehead atoms. The molecule has 2 nitrogen and oxygen atoms in total. The van der Waals surface area contributed by atoms with Gasteiger partial charge in [0.05, 0.1) is 12.7 Å². The zero-order valence-corrected chi connectivity index (χ0v) is 9.46. The van der Waals surface area contributed by atoms with Crippen LogP contribution in [0.15, 0.2) is 18.2 Å². The average molecular weight is 239 g/mol. The molecule has 1 fully saturated rings. The molecule has 1 aromatic rings. The monoisotopic (exact) mass is 239 g/mol. The number of fused-ring (bicyclic) bond motifs is 1. The Labute approximate surface area is 99.0 Å². The van der Waals surface area contributed by atoms with E-state index in [1.54, 1.807) is 6.07 Å². The summed E-state index contributed by atoms with van der Waals surface area (Å²) in [6.45, 7) is 0.999. The van der Waals surface area contributed by atoms with Crippen LogP contribution in [0.2, 0.25) is 0 Å². The summed E-state index contributed by atoms with van der Waals surface area (Å²) in [5, 5.41) is 3.36. The Hall–Kier alpha value is -1.00. The summed E-state index contributed by atoms with van der Waals surface area (Å²) in [4.78, 5) is 0. The minimum absolute atomic E-state index is 0.0271. The molecule has 17 heavy (non-hydrogen) atoms. The molecule has 2 aliphatic heterocycles. The van der Waals surface area contributed by atoms with Crippen LogP contribution < -0.4 is 5.32 Å². The topological polar surface area (TPSA) is 21.3 Å². The Morgan fingerprint density at radius 1 is 1.29 bits per heavy atom. The minimum Gasteiger partial charge on any atom is -0.368 e. The van der Waals surface area contributed by atoms with Crippen LogP contribution in [0.3, 0.4) is 0 Å². The van der Waals surface area contributed by atoms with E-state index in [1.807, 2.05) is 0 Å². The van der Waals surface area contributed by atoms with Gasteiger partial charge in [0.25, 0.3) is 0 Å². The third-order valence-electron chi connectivity index (χ3n) is 3.58. The summed E-state index contributed by atoms with van der Waals surface area (Å²) in [6.07, 6.45) is 0.789. The number of benzene rings is 1. The standard InChI is InChI=1S/C13H15F2NO/c14-8-3-4-9-10(6-8)11(15)7-17-13(9)12-2-1-5-16-12/h3-4,6,11-13,16H,1-2,5,7H2/t11-,12?,13+/m0/s1. The second-order valence-corrected chi connectivity index (χ2v) is 4.70. The van der Waals surface area contributed by atoms with Gasteiger partial charge in [0.1, 0.15) is 12.0 Å². The summed E-state index contributed by atoms with van der Waals surface area (Å²) < 4.78 is 32.4. The maximum atomic E-state index is 13.7. The Morgan fingerprint density at radius 3 is 2.94 bits per heavy atom. The lowest BCUT2D eigenvalue weighted by molar-refractivity contribution is -0.0180. The smallest absolute Gasteiger partial charge is 0.149 e. The first kappa shape index (κ1) is 11.1. The Bertz CT molecular complexity index is 418. The highest BCUT2D eigenvalue weighted by atomic mass is 19.1. The molecule has 4 heteroatoms. The molecule has 1 unspecified atom stereocenters.